The van der Waals surface area contributed by atoms with Crippen molar-refractivity contribution in [1.82, 2.24) is 25.0 Å². The standard InChI is InChI=1S/C22H21N5O5/c1-31-17-5-4-14-19(28)18(11-16-13-3-2-6-23-21(13)25-24-16)32-20(14)15(17)12-26-7-9-27(10-8-26)22(29)30/h2-6,11H,7-10,12H2,1H3,(H,29,30)(H,23,24,25)/b18-11-. The number of carbonyl (C=O) groups excluding carboxylic acids is 1. The van der Waals surface area contributed by atoms with Gasteiger partial charge in [-0.15, -0.1) is 0 Å². The molecule has 2 aliphatic heterocycles. The number of piperazine rings is 1. The Morgan fingerprint density at radius 3 is 2.84 bits per heavy atom. The molecule has 0 unspecified atom stereocenters. The first-order chi connectivity index (χ1) is 15.5. The van der Waals surface area contributed by atoms with Gasteiger partial charge in [-0.25, -0.2) is 9.78 Å². The number of fused-ring (bicyclic) bond motifs is 2. The lowest BCUT2D eigenvalue weighted by Gasteiger charge is -2.33. The number of H-pyrrole nitrogens is 1. The van der Waals surface area contributed by atoms with Crippen molar-refractivity contribution in [3.05, 3.63) is 53.0 Å². The van der Waals surface area contributed by atoms with Gasteiger partial charge in [-0.1, -0.05) is 0 Å². The number of amides is 1. The van der Waals surface area contributed by atoms with E-state index >= 15 is 0 Å². The summed E-state index contributed by atoms with van der Waals surface area (Å²) in [6.45, 7) is 2.51. The number of aromatic nitrogens is 3. The highest BCUT2D eigenvalue weighted by Crippen LogP contribution is 2.40. The summed E-state index contributed by atoms with van der Waals surface area (Å²) in [5.41, 5.74) is 2.43. The second-order valence-electron chi connectivity index (χ2n) is 7.62. The summed E-state index contributed by atoms with van der Waals surface area (Å²) in [5.74, 6) is 1.05. The predicted octanol–water partition coefficient (Wildman–Crippen LogP) is 2.38. The van der Waals surface area contributed by atoms with Gasteiger partial charge in [0.1, 0.15) is 11.5 Å². The van der Waals surface area contributed by atoms with E-state index in [-0.39, 0.29) is 11.5 Å². The van der Waals surface area contributed by atoms with E-state index in [2.05, 4.69) is 20.1 Å². The van der Waals surface area contributed by atoms with Gasteiger partial charge in [-0.3, -0.25) is 14.8 Å². The van der Waals surface area contributed by atoms with E-state index < -0.39 is 6.09 Å². The van der Waals surface area contributed by atoms with Crippen LogP contribution in [0.1, 0.15) is 21.6 Å². The van der Waals surface area contributed by atoms with Crippen LogP contribution in [0.2, 0.25) is 0 Å². The highest BCUT2D eigenvalue weighted by molar-refractivity contribution is 6.15. The number of aromatic amines is 1. The minimum atomic E-state index is -0.910. The normalized spacial score (nSPS) is 17.6. The lowest BCUT2D eigenvalue weighted by molar-refractivity contribution is 0.101. The van der Waals surface area contributed by atoms with Crippen LogP contribution in [0.4, 0.5) is 4.79 Å². The van der Waals surface area contributed by atoms with Crippen LogP contribution in [0.3, 0.4) is 0 Å². The number of allylic oxidation sites excluding steroid dienone is 1. The van der Waals surface area contributed by atoms with Gasteiger partial charge in [-0.05, 0) is 24.3 Å². The van der Waals surface area contributed by atoms with E-state index in [0.29, 0.717) is 61.1 Å². The number of ether oxygens (including phenoxy) is 2. The van der Waals surface area contributed by atoms with Crippen molar-refractivity contribution in [2.24, 2.45) is 0 Å². The third kappa shape index (κ3) is 3.44. The van der Waals surface area contributed by atoms with Crippen LogP contribution in [0.5, 0.6) is 11.5 Å². The average molecular weight is 435 g/mol. The van der Waals surface area contributed by atoms with Gasteiger partial charge in [0.25, 0.3) is 0 Å². The molecule has 0 radical (unpaired) electrons. The molecule has 10 nitrogen and oxygen atoms in total. The quantitative estimate of drug-likeness (QED) is 0.599. The molecule has 1 amide bonds. The lowest BCUT2D eigenvalue weighted by atomic mass is 10.0. The van der Waals surface area contributed by atoms with Crippen LogP contribution in [0, 0.1) is 0 Å². The van der Waals surface area contributed by atoms with E-state index in [1.807, 2.05) is 6.07 Å². The van der Waals surface area contributed by atoms with Crippen molar-refractivity contribution in [2.45, 2.75) is 6.54 Å². The molecule has 2 aliphatic rings. The Kier molecular flexibility index (Phi) is 4.98. The minimum absolute atomic E-state index is 0.183. The molecule has 0 spiro atoms. The van der Waals surface area contributed by atoms with Crippen molar-refractivity contribution >= 4 is 29.0 Å². The third-order valence-electron chi connectivity index (χ3n) is 5.78. The number of hydrogen-bond acceptors (Lipinski definition) is 7. The van der Waals surface area contributed by atoms with E-state index in [1.165, 1.54) is 4.90 Å². The van der Waals surface area contributed by atoms with Crippen LogP contribution >= 0.6 is 0 Å². The fourth-order valence-corrected chi connectivity index (χ4v) is 4.06. The summed E-state index contributed by atoms with van der Waals surface area (Å²) in [7, 11) is 1.57. The maximum absolute atomic E-state index is 13.0. The molecule has 164 valence electrons. The summed E-state index contributed by atoms with van der Waals surface area (Å²) in [6.07, 6.45) is 2.37. The number of nitrogens with zero attached hydrogens (tertiary/aromatic N) is 4. The number of methoxy groups -OCH3 is 1. The largest absolute Gasteiger partial charge is 0.496 e. The molecule has 1 saturated heterocycles. The second kappa shape index (κ2) is 7.97. The summed E-state index contributed by atoms with van der Waals surface area (Å²) < 4.78 is 11.6. The van der Waals surface area contributed by atoms with Gasteiger partial charge >= 0.3 is 6.09 Å². The van der Waals surface area contributed by atoms with Crippen LogP contribution in [0.25, 0.3) is 17.1 Å². The van der Waals surface area contributed by atoms with Crippen molar-refractivity contribution in [3.63, 3.8) is 0 Å². The fourth-order valence-electron chi connectivity index (χ4n) is 4.06. The molecule has 5 rings (SSSR count). The molecule has 0 bridgehead atoms. The predicted molar refractivity (Wildman–Crippen MR) is 115 cm³/mol. The van der Waals surface area contributed by atoms with Gasteiger partial charge in [-0.2, -0.15) is 5.10 Å². The fraction of sp³-hybridized carbons (Fsp3) is 0.273. The first-order valence-corrected chi connectivity index (χ1v) is 10.2. The zero-order valence-electron chi connectivity index (χ0n) is 17.4. The summed E-state index contributed by atoms with van der Waals surface area (Å²) in [6, 6.07) is 7.14. The molecular formula is C22H21N5O5. The summed E-state index contributed by atoms with van der Waals surface area (Å²) >= 11 is 0. The Labute approximate surface area is 183 Å². The van der Waals surface area contributed by atoms with Crippen LogP contribution < -0.4 is 9.47 Å². The molecule has 3 aromatic rings. The number of rotatable bonds is 4. The third-order valence-corrected chi connectivity index (χ3v) is 5.78. The number of benzene rings is 1. The molecule has 2 N–H and O–H groups in total. The lowest BCUT2D eigenvalue weighted by Crippen LogP contribution is -2.47. The highest BCUT2D eigenvalue weighted by Gasteiger charge is 2.33. The van der Waals surface area contributed by atoms with E-state index in [1.54, 1.807) is 37.6 Å². The Balaban J connectivity index is 1.44. The zero-order chi connectivity index (χ0) is 22.2. The zero-order valence-corrected chi connectivity index (χ0v) is 17.4. The molecule has 2 aromatic heterocycles. The molecule has 4 heterocycles. The number of pyridine rings is 1. The molecule has 0 atom stereocenters. The molecule has 1 fully saturated rings. The average Bonchev–Trinajstić information content (AvgIpc) is 3.36. The second-order valence-corrected chi connectivity index (χ2v) is 7.62. The molecule has 0 aliphatic carbocycles. The van der Waals surface area contributed by atoms with Crippen molar-refractivity contribution in [3.8, 4) is 11.5 Å². The Morgan fingerprint density at radius 2 is 2.09 bits per heavy atom. The van der Waals surface area contributed by atoms with E-state index in [4.69, 9.17) is 14.6 Å². The number of carboxylic acid groups (broad SMARTS) is 1. The van der Waals surface area contributed by atoms with E-state index in [9.17, 15) is 9.59 Å². The number of Topliss-reactive ketones (excluding diaryl/α,β-unsaturated/α-hetero) is 1. The number of nitrogens with one attached hydrogen (secondary N) is 1. The monoisotopic (exact) mass is 435 g/mol. The summed E-state index contributed by atoms with van der Waals surface area (Å²) in [4.78, 5) is 32.0. The first-order valence-electron chi connectivity index (χ1n) is 10.2. The van der Waals surface area contributed by atoms with E-state index in [0.717, 1.165) is 10.9 Å². The molecular weight excluding hydrogens is 414 g/mol. The highest BCUT2D eigenvalue weighted by atomic mass is 16.5. The van der Waals surface area contributed by atoms with Gasteiger partial charge in [0, 0.05) is 50.4 Å². The van der Waals surface area contributed by atoms with Crippen LogP contribution in [-0.4, -0.2) is 75.3 Å². The molecule has 10 heteroatoms. The van der Waals surface area contributed by atoms with Crippen LogP contribution in [-0.2, 0) is 6.54 Å². The molecule has 0 saturated carbocycles. The van der Waals surface area contributed by atoms with Crippen molar-refractivity contribution in [2.75, 3.05) is 33.3 Å². The Bertz CT molecular complexity index is 1240. The first kappa shape index (κ1) is 20.0. The van der Waals surface area contributed by atoms with Gasteiger partial charge in [0.2, 0.25) is 5.78 Å². The van der Waals surface area contributed by atoms with Gasteiger partial charge in [0.15, 0.2) is 11.4 Å². The Hall–Kier alpha value is -3.92. The number of carbonyl (C=O) groups is 2. The van der Waals surface area contributed by atoms with Crippen molar-refractivity contribution < 1.29 is 24.2 Å². The SMILES string of the molecule is COc1ccc2c(c1CN1CCN(C(=O)O)CC1)O/C(=C\c1n[nH]c3ncccc13)C2=O. The van der Waals surface area contributed by atoms with Gasteiger partial charge < -0.3 is 19.5 Å². The maximum atomic E-state index is 13.0. The molecule has 1 aromatic carbocycles. The summed E-state index contributed by atoms with van der Waals surface area (Å²) in [5, 5.41) is 17.1. The van der Waals surface area contributed by atoms with Crippen LogP contribution in [0.15, 0.2) is 36.2 Å². The van der Waals surface area contributed by atoms with Crippen molar-refractivity contribution in [1.29, 1.82) is 0 Å². The maximum Gasteiger partial charge on any atom is 0.407 e. The minimum Gasteiger partial charge on any atom is -0.496 e. The number of ketones is 1. The van der Waals surface area contributed by atoms with Gasteiger partial charge in [0.05, 0.1) is 23.9 Å². The smallest absolute Gasteiger partial charge is 0.407 e. The molecule has 32 heavy (non-hydrogen) atoms. The topological polar surface area (TPSA) is 121 Å². The Morgan fingerprint density at radius 1 is 1.28 bits per heavy atom. The number of hydrogen-bond donors (Lipinski definition) is 2.